The fourth-order valence-corrected chi connectivity index (χ4v) is 1.89. The van der Waals surface area contributed by atoms with E-state index in [2.05, 4.69) is 10.6 Å². The summed E-state index contributed by atoms with van der Waals surface area (Å²) in [7, 11) is 0. The first-order valence-electron chi connectivity index (χ1n) is 6.71. The van der Waals surface area contributed by atoms with Crippen LogP contribution in [0.25, 0.3) is 0 Å². The number of benzene rings is 1. The summed E-state index contributed by atoms with van der Waals surface area (Å²) in [5, 5.41) is 14.2. The molecule has 0 saturated heterocycles. The van der Waals surface area contributed by atoms with Crippen LogP contribution in [0.4, 0.5) is 4.79 Å². The Kier molecular flexibility index (Phi) is 6.03. The van der Waals surface area contributed by atoms with Crippen LogP contribution in [0.3, 0.4) is 0 Å². The van der Waals surface area contributed by atoms with E-state index in [1.54, 1.807) is 0 Å². The molecule has 0 heterocycles. The van der Waals surface area contributed by atoms with Crippen LogP contribution in [-0.2, 0) is 11.3 Å². The Bertz CT molecular complexity index is 472. The highest BCUT2D eigenvalue weighted by Crippen LogP contribution is 2.07. The van der Waals surface area contributed by atoms with Crippen molar-refractivity contribution in [2.45, 2.75) is 39.8 Å². The summed E-state index contributed by atoms with van der Waals surface area (Å²) in [6.45, 7) is 6.19. The van der Waals surface area contributed by atoms with Crippen LogP contribution in [0, 0.1) is 12.8 Å². The van der Waals surface area contributed by atoms with E-state index in [9.17, 15) is 9.59 Å². The fraction of sp³-hybridized carbons (Fsp3) is 0.467. The van der Waals surface area contributed by atoms with Gasteiger partial charge in [0.25, 0.3) is 0 Å². The van der Waals surface area contributed by atoms with E-state index in [1.807, 2.05) is 45.0 Å². The Morgan fingerprint density at radius 1 is 1.25 bits per heavy atom. The van der Waals surface area contributed by atoms with Gasteiger partial charge >= 0.3 is 12.0 Å². The van der Waals surface area contributed by atoms with Crippen molar-refractivity contribution in [3.05, 3.63) is 35.4 Å². The maximum Gasteiger partial charge on any atom is 0.326 e. The van der Waals surface area contributed by atoms with Gasteiger partial charge in [-0.15, -0.1) is 0 Å². The van der Waals surface area contributed by atoms with Crippen molar-refractivity contribution in [2.24, 2.45) is 5.92 Å². The molecule has 0 bridgehead atoms. The second kappa shape index (κ2) is 7.53. The smallest absolute Gasteiger partial charge is 0.326 e. The third-order valence-electron chi connectivity index (χ3n) is 3.01. The first-order valence-corrected chi connectivity index (χ1v) is 6.71. The molecule has 0 fully saturated rings. The van der Waals surface area contributed by atoms with E-state index in [0.29, 0.717) is 13.0 Å². The molecule has 0 aliphatic rings. The molecule has 1 aromatic carbocycles. The summed E-state index contributed by atoms with van der Waals surface area (Å²) in [5.74, 6) is -0.808. The lowest BCUT2D eigenvalue weighted by molar-refractivity contribution is -0.139. The molecule has 20 heavy (non-hydrogen) atoms. The van der Waals surface area contributed by atoms with Gasteiger partial charge in [-0.1, -0.05) is 38.1 Å². The van der Waals surface area contributed by atoms with Gasteiger partial charge in [-0.25, -0.2) is 9.59 Å². The summed E-state index contributed by atoms with van der Waals surface area (Å²) in [6, 6.07) is 6.42. The van der Waals surface area contributed by atoms with Crippen LogP contribution in [0.2, 0.25) is 0 Å². The van der Waals surface area contributed by atoms with E-state index in [1.165, 1.54) is 0 Å². The summed E-state index contributed by atoms with van der Waals surface area (Å²) in [6.07, 6.45) is 0.410. The molecule has 0 unspecified atom stereocenters. The number of carboxylic acids is 1. The molecular weight excluding hydrogens is 256 g/mol. The van der Waals surface area contributed by atoms with Gasteiger partial charge in [-0.05, 0) is 30.4 Å². The lowest BCUT2D eigenvalue weighted by Gasteiger charge is -2.17. The van der Waals surface area contributed by atoms with Crippen LogP contribution in [0.5, 0.6) is 0 Å². The number of hydrogen-bond acceptors (Lipinski definition) is 2. The van der Waals surface area contributed by atoms with E-state index in [0.717, 1.165) is 11.1 Å². The summed E-state index contributed by atoms with van der Waals surface area (Å²) >= 11 is 0. The molecule has 5 nitrogen and oxygen atoms in total. The number of carbonyl (C=O) groups excluding carboxylic acids is 1. The van der Waals surface area contributed by atoms with E-state index < -0.39 is 18.0 Å². The van der Waals surface area contributed by atoms with Crippen LogP contribution in [0.15, 0.2) is 24.3 Å². The van der Waals surface area contributed by atoms with Gasteiger partial charge in [0.2, 0.25) is 0 Å². The van der Waals surface area contributed by atoms with Crippen molar-refractivity contribution in [1.29, 1.82) is 0 Å². The molecule has 0 saturated carbocycles. The third-order valence-corrected chi connectivity index (χ3v) is 3.01. The van der Waals surface area contributed by atoms with Crippen LogP contribution in [0.1, 0.15) is 31.4 Å². The predicted octanol–water partition coefficient (Wildman–Crippen LogP) is 2.29. The van der Waals surface area contributed by atoms with Crippen LogP contribution >= 0.6 is 0 Å². The molecule has 1 aromatic rings. The first-order chi connectivity index (χ1) is 9.40. The lowest BCUT2D eigenvalue weighted by atomic mass is 10.0. The predicted molar refractivity (Wildman–Crippen MR) is 77.4 cm³/mol. The van der Waals surface area contributed by atoms with Crippen molar-refractivity contribution in [2.75, 3.05) is 0 Å². The van der Waals surface area contributed by atoms with Gasteiger partial charge in [0, 0.05) is 6.54 Å². The highest BCUT2D eigenvalue weighted by atomic mass is 16.4. The highest BCUT2D eigenvalue weighted by molar-refractivity contribution is 5.82. The maximum absolute atomic E-state index is 11.7. The Morgan fingerprint density at radius 3 is 2.45 bits per heavy atom. The number of carbonyl (C=O) groups is 2. The summed E-state index contributed by atoms with van der Waals surface area (Å²) < 4.78 is 0. The van der Waals surface area contributed by atoms with Crippen LogP contribution in [-0.4, -0.2) is 23.1 Å². The molecule has 1 rings (SSSR count). The van der Waals surface area contributed by atoms with Gasteiger partial charge in [-0.2, -0.15) is 0 Å². The normalized spacial score (nSPS) is 12.0. The summed E-state index contributed by atoms with van der Waals surface area (Å²) in [5.41, 5.74) is 2.10. The van der Waals surface area contributed by atoms with Crippen molar-refractivity contribution < 1.29 is 14.7 Å². The summed E-state index contributed by atoms with van der Waals surface area (Å²) in [4.78, 5) is 22.8. The molecule has 2 amide bonds. The lowest BCUT2D eigenvalue weighted by Crippen LogP contribution is -2.46. The largest absolute Gasteiger partial charge is 0.480 e. The molecule has 1 atom stereocenters. The zero-order valence-corrected chi connectivity index (χ0v) is 12.1. The standard InChI is InChI=1S/C15H22N2O3/c1-10(2)8-13(14(18)19)17-15(20)16-9-12-7-5-4-6-11(12)3/h4-7,10,13H,8-9H2,1-3H3,(H,18,19)(H2,16,17,20)/t13-/m0/s1. The zero-order valence-electron chi connectivity index (χ0n) is 12.1. The van der Waals surface area contributed by atoms with Crippen molar-refractivity contribution in [3.8, 4) is 0 Å². The molecule has 110 valence electrons. The Hall–Kier alpha value is -2.04. The first kappa shape index (κ1) is 16.0. The van der Waals surface area contributed by atoms with Gasteiger partial charge in [0.1, 0.15) is 6.04 Å². The van der Waals surface area contributed by atoms with E-state index in [4.69, 9.17) is 5.11 Å². The van der Waals surface area contributed by atoms with Gasteiger partial charge in [0.15, 0.2) is 0 Å². The van der Waals surface area contributed by atoms with Gasteiger partial charge in [-0.3, -0.25) is 0 Å². The SMILES string of the molecule is Cc1ccccc1CNC(=O)N[C@@H](CC(C)C)C(=O)O. The minimum absolute atomic E-state index is 0.202. The second-order valence-electron chi connectivity index (χ2n) is 5.27. The number of aliphatic carboxylic acids is 1. The van der Waals surface area contributed by atoms with E-state index in [-0.39, 0.29) is 5.92 Å². The molecule has 0 aliphatic heterocycles. The number of hydrogen-bond donors (Lipinski definition) is 3. The van der Waals surface area contributed by atoms with Crippen LogP contribution < -0.4 is 10.6 Å². The molecule has 0 aromatic heterocycles. The Balaban J connectivity index is 2.50. The zero-order chi connectivity index (χ0) is 15.1. The molecular formula is C15H22N2O3. The Morgan fingerprint density at radius 2 is 1.90 bits per heavy atom. The van der Waals surface area contributed by atoms with E-state index >= 15 is 0 Å². The molecule has 0 spiro atoms. The molecule has 0 radical (unpaired) electrons. The minimum atomic E-state index is -1.01. The monoisotopic (exact) mass is 278 g/mol. The average Bonchev–Trinajstić information content (AvgIpc) is 2.36. The molecule has 0 aliphatic carbocycles. The maximum atomic E-state index is 11.7. The second-order valence-corrected chi connectivity index (χ2v) is 5.27. The average molecular weight is 278 g/mol. The molecule has 5 heteroatoms. The topological polar surface area (TPSA) is 78.4 Å². The van der Waals surface area contributed by atoms with Gasteiger partial charge < -0.3 is 15.7 Å². The number of amides is 2. The highest BCUT2D eigenvalue weighted by Gasteiger charge is 2.20. The number of aryl methyl sites for hydroxylation is 1. The molecule has 3 N–H and O–H groups in total. The minimum Gasteiger partial charge on any atom is -0.480 e. The van der Waals surface area contributed by atoms with Gasteiger partial charge in [0.05, 0.1) is 0 Å². The number of rotatable bonds is 6. The van der Waals surface area contributed by atoms with Crippen molar-refractivity contribution in [1.82, 2.24) is 10.6 Å². The quantitative estimate of drug-likeness (QED) is 0.747. The number of nitrogens with one attached hydrogen (secondary N) is 2. The third kappa shape index (κ3) is 5.30. The fourth-order valence-electron chi connectivity index (χ4n) is 1.89. The Labute approximate surface area is 119 Å². The van der Waals surface area contributed by atoms with Crippen molar-refractivity contribution in [3.63, 3.8) is 0 Å². The number of carboxylic acid groups (broad SMARTS) is 1. The van der Waals surface area contributed by atoms with Crippen molar-refractivity contribution >= 4 is 12.0 Å². The number of urea groups is 1.